The van der Waals surface area contributed by atoms with Crippen molar-refractivity contribution in [2.75, 3.05) is 11.4 Å². The first-order valence-corrected chi connectivity index (χ1v) is 6.02. The summed E-state index contributed by atoms with van der Waals surface area (Å²) >= 11 is 5.82. The minimum absolute atomic E-state index is 0.205. The first-order chi connectivity index (χ1) is 8.61. The molecule has 0 radical (unpaired) electrons. The average molecular weight is 266 g/mol. The van der Waals surface area contributed by atoms with Crippen molar-refractivity contribution < 1.29 is 4.39 Å². The first kappa shape index (κ1) is 12.8. The zero-order chi connectivity index (χ0) is 13.1. The van der Waals surface area contributed by atoms with Crippen molar-refractivity contribution in [2.24, 2.45) is 0 Å². The molecule has 1 heterocycles. The van der Waals surface area contributed by atoms with E-state index in [1.165, 1.54) is 12.1 Å². The van der Waals surface area contributed by atoms with Crippen LogP contribution in [0.2, 0.25) is 5.28 Å². The van der Waals surface area contributed by atoms with Crippen LogP contribution >= 0.6 is 11.6 Å². The second kappa shape index (κ2) is 5.31. The fourth-order valence-corrected chi connectivity index (χ4v) is 1.89. The molecule has 0 saturated heterocycles. The summed E-state index contributed by atoms with van der Waals surface area (Å²) in [6.07, 6.45) is 1.68. The second-order valence-corrected chi connectivity index (χ2v) is 4.20. The molecule has 0 atom stereocenters. The number of benzene rings is 1. The number of rotatable bonds is 3. The number of hydrogen-bond donors (Lipinski definition) is 0. The molecule has 3 nitrogen and oxygen atoms in total. The lowest BCUT2D eigenvalue weighted by Crippen LogP contribution is -2.18. The molecule has 94 valence electrons. The molecule has 0 amide bonds. The molecule has 1 aromatic carbocycles. The van der Waals surface area contributed by atoms with E-state index in [0.717, 1.165) is 17.1 Å². The lowest BCUT2D eigenvalue weighted by Gasteiger charge is -2.23. The summed E-state index contributed by atoms with van der Waals surface area (Å²) in [5.74, 6) is 0.483. The van der Waals surface area contributed by atoms with Crippen LogP contribution in [0.1, 0.15) is 12.5 Å². The minimum atomic E-state index is -0.257. The molecule has 5 heteroatoms. The number of halogens is 2. The van der Waals surface area contributed by atoms with Crippen molar-refractivity contribution in [1.29, 1.82) is 0 Å². The van der Waals surface area contributed by atoms with Gasteiger partial charge in [0.1, 0.15) is 11.6 Å². The number of hydrogen-bond acceptors (Lipinski definition) is 3. The normalized spacial score (nSPS) is 10.4. The van der Waals surface area contributed by atoms with Crippen LogP contribution in [-0.4, -0.2) is 16.5 Å². The highest BCUT2D eigenvalue weighted by Crippen LogP contribution is 2.26. The number of nitrogens with zero attached hydrogens (tertiary/aromatic N) is 3. The molecule has 2 rings (SSSR count). The number of aromatic nitrogens is 2. The Balaban J connectivity index is 2.44. The summed E-state index contributed by atoms with van der Waals surface area (Å²) in [5, 5.41) is 0.205. The van der Waals surface area contributed by atoms with Crippen LogP contribution < -0.4 is 4.90 Å². The van der Waals surface area contributed by atoms with Gasteiger partial charge < -0.3 is 4.90 Å². The van der Waals surface area contributed by atoms with Crippen molar-refractivity contribution in [3.63, 3.8) is 0 Å². The van der Waals surface area contributed by atoms with Gasteiger partial charge in [0.05, 0.1) is 0 Å². The van der Waals surface area contributed by atoms with E-state index in [0.29, 0.717) is 6.54 Å². The topological polar surface area (TPSA) is 29.0 Å². The SMILES string of the molecule is CCN(c1ccc(F)cc1)c1nc(Cl)ncc1C. The standard InChI is InChI=1S/C13H13ClFN3/c1-3-18(11-6-4-10(15)5-7-11)12-9(2)8-16-13(14)17-12/h4-8H,3H2,1-2H3. The van der Waals surface area contributed by atoms with Crippen molar-refractivity contribution in [2.45, 2.75) is 13.8 Å². The van der Waals surface area contributed by atoms with Crippen molar-refractivity contribution in [3.05, 3.63) is 47.1 Å². The second-order valence-electron chi connectivity index (χ2n) is 3.87. The molecule has 0 aliphatic rings. The summed E-state index contributed by atoms with van der Waals surface area (Å²) in [6, 6.07) is 6.29. The van der Waals surface area contributed by atoms with Gasteiger partial charge in [-0.05, 0) is 49.7 Å². The molecule has 2 aromatic rings. The Morgan fingerprint density at radius 1 is 1.28 bits per heavy atom. The van der Waals surface area contributed by atoms with Gasteiger partial charge in [-0.15, -0.1) is 0 Å². The number of anilines is 2. The van der Waals surface area contributed by atoms with Gasteiger partial charge in [0, 0.05) is 24.0 Å². The molecule has 0 saturated carbocycles. The Hall–Kier alpha value is -1.68. The average Bonchev–Trinajstić information content (AvgIpc) is 2.37. The minimum Gasteiger partial charge on any atom is -0.326 e. The fourth-order valence-electron chi connectivity index (χ4n) is 1.76. The van der Waals surface area contributed by atoms with Gasteiger partial charge in [0.2, 0.25) is 5.28 Å². The highest BCUT2D eigenvalue weighted by Gasteiger charge is 2.12. The predicted octanol–water partition coefficient (Wildman–Crippen LogP) is 3.74. The number of aryl methyl sites for hydroxylation is 1. The maximum atomic E-state index is 12.9. The van der Waals surface area contributed by atoms with Crippen molar-refractivity contribution >= 4 is 23.1 Å². The highest BCUT2D eigenvalue weighted by molar-refractivity contribution is 6.28. The molecule has 0 aliphatic carbocycles. The molecular weight excluding hydrogens is 253 g/mol. The zero-order valence-electron chi connectivity index (χ0n) is 10.2. The van der Waals surface area contributed by atoms with E-state index in [4.69, 9.17) is 11.6 Å². The van der Waals surface area contributed by atoms with Crippen LogP contribution in [-0.2, 0) is 0 Å². The monoisotopic (exact) mass is 265 g/mol. The van der Waals surface area contributed by atoms with E-state index in [1.807, 2.05) is 18.7 Å². The van der Waals surface area contributed by atoms with Gasteiger partial charge in [-0.1, -0.05) is 0 Å². The van der Waals surface area contributed by atoms with E-state index < -0.39 is 0 Å². The molecule has 1 aromatic heterocycles. The van der Waals surface area contributed by atoms with Crippen LogP contribution in [0, 0.1) is 12.7 Å². The Bertz CT molecular complexity index is 542. The maximum absolute atomic E-state index is 12.9. The summed E-state index contributed by atoms with van der Waals surface area (Å²) in [5.41, 5.74) is 1.79. The summed E-state index contributed by atoms with van der Waals surface area (Å²) in [6.45, 7) is 4.62. The third-order valence-electron chi connectivity index (χ3n) is 2.63. The lowest BCUT2D eigenvalue weighted by atomic mass is 10.2. The van der Waals surface area contributed by atoms with E-state index in [2.05, 4.69) is 9.97 Å². The third kappa shape index (κ3) is 2.59. The van der Waals surface area contributed by atoms with Gasteiger partial charge in [-0.2, -0.15) is 4.98 Å². The quantitative estimate of drug-likeness (QED) is 0.792. The maximum Gasteiger partial charge on any atom is 0.224 e. The molecule has 0 spiro atoms. The van der Waals surface area contributed by atoms with Crippen LogP contribution in [0.3, 0.4) is 0 Å². The third-order valence-corrected chi connectivity index (χ3v) is 2.81. The molecule has 18 heavy (non-hydrogen) atoms. The molecule has 0 fully saturated rings. The molecule has 0 unspecified atom stereocenters. The van der Waals surface area contributed by atoms with Gasteiger partial charge in [-0.25, -0.2) is 9.37 Å². The van der Waals surface area contributed by atoms with Gasteiger partial charge in [-0.3, -0.25) is 0 Å². The Morgan fingerprint density at radius 3 is 2.56 bits per heavy atom. The van der Waals surface area contributed by atoms with E-state index in [9.17, 15) is 4.39 Å². The largest absolute Gasteiger partial charge is 0.326 e. The summed E-state index contributed by atoms with van der Waals surface area (Å²) in [4.78, 5) is 10.1. The molecule has 0 N–H and O–H groups in total. The highest BCUT2D eigenvalue weighted by atomic mass is 35.5. The van der Waals surface area contributed by atoms with Gasteiger partial charge >= 0.3 is 0 Å². The lowest BCUT2D eigenvalue weighted by molar-refractivity contribution is 0.627. The van der Waals surface area contributed by atoms with Crippen LogP contribution in [0.5, 0.6) is 0 Å². The van der Waals surface area contributed by atoms with E-state index in [-0.39, 0.29) is 11.1 Å². The van der Waals surface area contributed by atoms with Crippen LogP contribution in [0.15, 0.2) is 30.5 Å². The van der Waals surface area contributed by atoms with E-state index in [1.54, 1.807) is 18.3 Å². The van der Waals surface area contributed by atoms with Crippen LogP contribution in [0.25, 0.3) is 0 Å². The van der Waals surface area contributed by atoms with Crippen molar-refractivity contribution in [3.8, 4) is 0 Å². The fraction of sp³-hybridized carbons (Fsp3) is 0.231. The van der Waals surface area contributed by atoms with Crippen molar-refractivity contribution in [1.82, 2.24) is 9.97 Å². The summed E-state index contributed by atoms with van der Waals surface area (Å²) < 4.78 is 12.9. The Labute approximate surface area is 110 Å². The Morgan fingerprint density at radius 2 is 1.94 bits per heavy atom. The molecular formula is C13H13ClFN3. The molecule has 0 aliphatic heterocycles. The van der Waals surface area contributed by atoms with E-state index >= 15 is 0 Å². The smallest absolute Gasteiger partial charge is 0.224 e. The first-order valence-electron chi connectivity index (χ1n) is 5.64. The zero-order valence-corrected chi connectivity index (χ0v) is 10.9. The predicted molar refractivity (Wildman–Crippen MR) is 70.9 cm³/mol. The van der Waals surface area contributed by atoms with Gasteiger partial charge in [0.15, 0.2) is 0 Å². The Kier molecular flexibility index (Phi) is 3.77. The summed E-state index contributed by atoms with van der Waals surface area (Å²) in [7, 11) is 0. The van der Waals surface area contributed by atoms with Crippen LogP contribution in [0.4, 0.5) is 15.9 Å². The van der Waals surface area contributed by atoms with Gasteiger partial charge in [0.25, 0.3) is 0 Å². The molecule has 0 bridgehead atoms.